The van der Waals surface area contributed by atoms with Crippen molar-refractivity contribution in [2.75, 3.05) is 6.61 Å². The SMILES string of the molecule is CCOc1cc(/C=N/NC(=O)[C@@H]2[C@H]3CCCC[C@@]32C)cc(Br)c1O. The third-order valence-corrected chi connectivity index (χ3v) is 5.96. The molecule has 0 aromatic heterocycles. The number of fused-ring (bicyclic) bond motifs is 1. The molecule has 0 aliphatic heterocycles. The maximum absolute atomic E-state index is 12.4. The van der Waals surface area contributed by atoms with Crippen molar-refractivity contribution in [3.63, 3.8) is 0 Å². The van der Waals surface area contributed by atoms with Crippen LogP contribution in [-0.4, -0.2) is 23.8 Å². The number of benzene rings is 1. The van der Waals surface area contributed by atoms with Gasteiger partial charge in [0.15, 0.2) is 11.5 Å². The second kappa shape index (κ2) is 6.75. The number of carbonyl (C=O) groups is 1. The van der Waals surface area contributed by atoms with Crippen LogP contribution in [0.25, 0.3) is 0 Å². The standard InChI is InChI=1S/C18H23BrN2O3/c1-3-24-14-9-11(8-13(19)16(14)22)10-20-21-17(23)15-12-6-4-5-7-18(12,15)2/h8-10,12,15,22H,3-7H2,1-2H3,(H,21,23)/b20-10+/t12-,15+,18+/m1/s1. The topological polar surface area (TPSA) is 70.9 Å². The number of carbonyl (C=O) groups excluding carboxylic acids is 1. The van der Waals surface area contributed by atoms with E-state index in [2.05, 4.69) is 33.4 Å². The van der Waals surface area contributed by atoms with E-state index in [-0.39, 0.29) is 23.0 Å². The summed E-state index contributed by atoms with van der Waals surface area (Å²) in [4.78, 5) is 12.4. The molecular weight excluding hydrogens is 372 g/mol. The lowest BCUT2D eigenvalue weighted by Crippen LogP contribution is -2.22. The summed E-state index contributed by atoms with van der Waals surface area (Å²) >= 11 is 3.29. The van der Waals surface area contributed by atoms with Crippen LogP contribution in [0.3, 0.4) is 0 Å². The summed E-state index contributed by atoms with van der Waals surface area (Å²) in [6.07, 6.45) is 6.32. The Hall–Kier alpha value is -1.56. The van der Waals surface area contributed by atoms with Crippen molar-refractivity contribution >= 4 is 28.1 Å². The molecule has 0 spiro atoms. The van der Waals surface area contributed by atoms with Crippen LogP contribution in [0.4, 0.5) is 0 Å². The number of nitrogens with one attached hydrogen (secondary N) is 1. The predicted octanol–water partition coefficient (Wildman–Crippen LogP) is 3.83. The molecule has 0 saturated heterocycles. The molecule has 0 heterocycles. The van der Waals surface area contributed by atoms with Gasteiger partial charge >= 0.3 is 0 Å². The number of hydrogen-bond donors (Lipinski definition) is 2. The van der Waals surface area contributed by atoms with E-state index < -0.39 is 0 Å². The molecule has 3 atom stereocenters. The van der Waals surface area contributed by atoms with E-state index in [0.717, 1.165) is 18.4 Å². The Morgan fingerprint density at radius 3 is 3.00 bits per heavy atom. The van der Waals surface area contributed by atoms with Crippen LogP contribution in [0, 0.1) is 17.3 Å². The highest BCUT2D eigenvalue weighted by Gasteiger charge is 2.64. The molecule has 2 aliphatic rings. The lowest BCUT2D eigenvalue weighted by Gasteiger charge is -2.15. The molecule has 2 N–H and O–H groups in total. The molecule has 1 aromatic carbocycles. The van der Waals surface area contributed by atoms with Crippen LogP contribution in [0.15, 0.2) is 21.7 Å². The minimum Gasteiger partial charge on any atom is -0.503 e. The van der Waals surface area contributed by atoms with Crippen LogP contribution in [0.5, 0.6) is 11.5 Å². The Morgan fingerprint density at radius 1 is 1.54 bits per heavy atom. The Kier molecular flexibility index (Phi) is 4.85. The highest BCUT2D eigenvalue weighted by atomic mass is 79.9. The molecule has 24 heavy (non-hydrogen) atoms. The Bertz CT molecular complexity index is 676. The van der Waals surface area contributed by atoms with Gasteiger partial charge in [0.1, 0.15) is 0 Å². The third kappa shape index (κ3) is 3.16. The van der Waals surface area contributed by atoms with Crippen molar-refractivity contribution in [2.45, 2.75) is 39.5 Å². The second-order valence-corrected chi connectivity index (χ2v) is 7.71. The first kappa shape index (κ1) is 17.3. The quantitative estimate of drug-likeness (QED) is 0.588. The summed E-state index contributed by atoms with van der Waals surface area (Å²) in [5.74, 6) is 1.09. The predicted molar refractivity (Wildman–Crippen MR) is 96.3 cm³/mol. The molecule has 0 unspecified atom stereocenters. The fourth-order valence-electron chi connectivity index (χ4n) is 4.02. The molecule has 5 nitrogen and oxygen atoms in total. The molecule has 1 amide bonds. The molecule has 6 heteroatoms. The van der Waals surface area contributed by atoms with E-state index in [9.17, 15) is 9.90 Å². The molecular formula is C18H23BrN2O3. The smallest absolute Gasteiger partial charge is 0.244 e. The van der Waals surface area contributed by atoms with Gasteiger partial charge in [-0.25, -0.2) is 5.43 Å². The van der Waals surface area contributed by atoms with Crippen molar-refractivity contribution in [1.29, 1.82) is 0 Å². The summed E-state index contributed by atoms with van der Waals surface area (Å²) in [6.45, 7) is 4.53. The number of nitrogens with zero attached hydrogens (tertiary/aromatic N) is 1. The normalized spacial score (nSPS) is 28.5. The maximum atomic E-state index is 12.4. The van der Waals surface area contributed by atoms with Gasteiger partial charge in [0.2, 0.25) is 5.91 Å². The van der Waals surface area contributed by atoms with Crippen molar-refractivity contribution in [3.05, 3.63) is 22.2 Å². The summed E-state index contributed by atoms with van der Waals surface area (Å²) < 4.78 is 5.91. The van der Waals surface area contributed by atoms with E-state index in [0.29, 0.717) is 22.7 Å². The van der Waals surface area contributed by atoms with Crippen LogP contribution < -0.4 is 10.2 Å². The number of phenolic OH excluding ortho intramolecular Hbond substituents is 1. The second-order valence-electron chi connectivity index (χ2n) is 6.85. The van der Waals surface area contributed by atoms with E-state index in [1.807, 2.05) is 6.92 Å². The van der Waals surface area contributed by atoms with Gasteiger partial charge in [0.25, 0.3) is 0 Å². The lowest BCUT2D eigenvalue weighted by atomic mass is 9.90. The zero-order chi connectivity index (χ0) is 17.3. The highest BCUT2D eigenvalue weighted by Crippen LogP contribution is 2.66. The minimum absolute atomic E-state index is 0.0172. The number of amides is 1. The van der Waals surface area contributed by atoms with E-state index in [4.69, 9.17) is 4.74 Å². The number of halogens is 1. The van der Waals surface area contributed by atoms with Gasteiger partial charge in [-0.05, 0) is 64.7 Å². The first-order valence-corrected chi connectivity index (χ1v) is 9.25. The molecule has 1 aromatic rings. The van der Waals surface area contributed by atoms with Gasteiger partial charge in [0.05, 0.1) is 17.3 Å². The molecule has 2 fully saturated rings. The summed E-state index contributed by atoms with van der Waals surface area (Å²) in [5, 5.41) is 14.0. The Morgan fingerprint density at radius 2 is 2.33 bits per heavy atom. The number of aromatic hydroxyl groups is 1. The number of phenols is 1. The summed E-state index contributed by atoms with van der Waals surface area (Å²) in [6, 6.07) is 3.42. The number of hydrazone groups is 1. The summed E-state index contributed by atoms with van der Waals surface area (Å²) in [7, 11) is 0. The largest absolute Gasteiger partial charge is 0.503 e. The average Bonchev–Trinajstić information content (AvgIpc) is 3.18. The van der Waals surface area contributed by atoms with Crippen LogP contribution >= 0.6 is 15.9 Å². The van der Waals surface area contributed by atoms with E-state index in [1.165, 1.54) is 12.8 Å². The van der Waals surface area contributed by atoms with Gasteiger partial charge in [-0.15, -0.1) is 0 Å². The third-order valence-electron chi connectivity index (χ3n) is 5.35. The van der Waals surface area contributed by atoms with Crippen LogP contribution in [-0.2, 0) is 4.79 Å². The van der Waals surface area contributed by atoms with Gasteiger partial charge in [-0.3, -0.25) is 4.79 Å². The summed E-state index contributed by atoms with van der Waals surface area (Å²) in [5.41, 5.74) is 3.59. The molecule has 2 saturated carbocycles. The van der Waals surface area contributed by atoms with Crippen LogP contribution in [0.2, 0.25) is 0 Å². The van der Waals surface area contributed by atoms with Crippen molar-refractivity contribution in [3.8, 4) is 11.5 Å². The number of ether oxygens (including phenoxy) is 1. The molecule has 2 aliphatic carbocycles. The first-order chi connectivity index (χ1) is 11.5. The van der Waals surface area contributed by atoms with Crippen LogP contribution in [0.1, 0.15) is 45.1 Å². The fourth-order valence-corrected chi connectivity index (χ4v) is 4.48. The van der Waals surface area contributed by atoms with Gasteiger partial charge in [-0.1, -0.05) is 19.8 Å². The highest BCUT2D eigenvalue weighted by molar-refractivity contribution is 9.10. The molecule has 0 radical (unpaired) electrons. The van der Waals surface area contributed by atoms with Crippen molar-refractivity contribution in [2.24, 2.45) is 22.4 Å². The van der Waals surface area contributed by atoms with Gasteiger partial charge in [-0.2, -0.15) is 5.10 Å². The van der Waals surface area contributed by atoms with Gasteiger partial charge < -0.3 is 9.84 Å². The first-order valence-electron chi connectivity index (χ1n) is 8.45. The van der Waals surface area contributed by atoms with Crippen molar-refractivity contribution in [1.82, 2.24) is 5.43 Å². The average molecular weight is 395 g/mol. The Balaban J connectivity index is 1.63. The molecule has 3 rings (SSSR count). The van der Waals surface area contributed by atoms with Crippen molar-refractivity contribution < 1.29 is 14.6 Å². The zero-order valence-electron chi connectivity index (χ0n) is 14.0. The maximum Gasteiger partial charge on any atom is 0.244 e. The fraction of sp³-hybridized carbons (Fsp3) is 0.556. The minimum atomic E-state index is 0.0172. The lowest BCUT2D eigenvalue weighted by molar-refractivity contribution is -0.123. The van der Waals surface area contributed by atoms with E-state index in [1.54, 1.807) is 18.3 Å². The number of hydrogen-bond acceptors (Lipinski definition) is 4. The molecule has 130 valence electrons. The van der Waals surface area contributed by atoms with Gasteiger partial charge in [0, 0.05) is 5.92 Å². The van der Waals surface area contributed by atoms with E-state index >= 15 is 0 Å². The Labute approximate surface area is 150 Å². The molecule has 0 bridgehead atoms. The number of rotatable bonds is 5. The zero-order valence-corrected chi connectivity index (χ0v) is 15.6. The monoisotopic (exact) mass is 394 g/mol.